The topological polar surface area (TPSA) is 40.5 Å². The minimum absolute atomic E-state index is 0.0855. The Balaban J connectivity index is 2.20. The van der Waals surface area contributed by atoms with Gasteiger partial charge in [0.2, 0.25) is 0 Å². The summed E-state index contributed by atoms with van der Waals surface area (Å²) in [5.74, 6) is 0.327. The van der Waals surface area contributed by atoms with E-state index >= 15 is 0 Å². The van der Waals surface area contributed by atoms with Crippen molar-refractivity contribution in [3.63, 3.8) is 0 Å². The zero-order valence-corrected chi connectivity index (χ0v) is 10.7. The molecule has 3 heteroatoms. The van der Waals surface area contributed by atoms with Gasteiger partial charge in [-0.05, 0) is 40.6 Å². The molecule has 19 heavy (non-hydrogen) atoms. The number of fused-ring (bicyclic) bond motifs is 1. The Hall–Kier alpha value is -2.19. The fourth-order valence-electron chi connectivity index (χ4n) is 2.15. The molecule has 0 heterocycles. The highest BCUT2D eigenvalue weighted by atomic mass is 35.5. The first-order chi connectivity index (χ1) is 9.15. The molecule has 0 aliphatic heterocycles. The summed E-state index contributed by atoms with van der Waals surface area (Å²) in [4.78, 5) is 0. The number of hydrogen-bond donors (Lipinski definition) is 2. The molecule has 2 N–H and O–H groups in total. The Morgan fingerprint density at radius 2 is 1.53 bits per heavy atom. The van der Waals surface area contributed by atoms with Crippen LogP contribution < -0.4 is 0 Å². The van der Waals surface area contributed by atoms with Crippen LogP contribution in [0.1, 0.15) is 0 Å². The van der Waals surface area contributed by atoms with Crippen molar-refractivity contribution >= 4 is 22.4 Å². The van der Waals surface area contributed by atoms with Crippen molar-refractivity contribution in [3.8, 4) is 22.6 Å². The molecule has 3 aromatic rings. The van der Waals surface area contributed by atoms with E-state index in [-0.39, 0.29) is 11.5 Å². The SMILES string of the molecule is Oc1ccc2cc(-c3cccc(Cl)c3O)ccc2c1. The second-order valence-electron chi connectivity index (χ2n) is 4.38. The predicted molar refractivity (Wildman–Crippen MR) is 77.7 cm³/mol. The number of halogens is 1. The number of phenols is 2. The van der Waals surface area contributed by atoms with Crippen molar-refractivity contribution in [2.75, 3.05) is 0 Å². The summed E-state index contributed by atoms with van der Waals surface area (Å²) in [6, 6.07) is 16.2. The van der Waals surface area contributed by atoms with Gasteiger partial charge in [0.25, 0.3) is 0 Å². The first-order valence-corrected chi connectivity index (χ1v) is 6.23. The normalized spacial score (nSPS) is 10.8. The highest BCUT2D eigenvalue weighted by Gasteiger charge is 2.08. The van der Waals surface area contributed by atoms with Crippen molar-refractivity contribution in [1.29, 1.82) is 0 Å². The van der Waals surface area contributed by atoms with Crippen LogP contribution in [0.2, 0.25) is 5.02 Å². The molecule has 0 aliphatic carbocycles. The van der Waals surface area contributed by atoms with E-state index < -0.39 is 0 Å². The minimum Gasteiger partial charge on any atom is -0.508 e. The third-order valence-electron chi connectivity index (χ3n) is 3.12. The summed E-state index contributed by atoms with van der Waals surface area (Å²) in [5, 5.41) is 21.7. The smallest absolute Gasteiger partial charge is 0.141 e. The second kappa shape index (κ2) is 4.48. The van der Waals surface area contributed by atoms with Gasteiger partial charge in [-0.15, -0.1) is 0 Å². The fourth-order valence-corrected chi connectivity index (χ4v) is 2.32. The van der Waals surface area contributed by atoms with Gasteiger partial charge in [-0.25, -0.2) is 0 Å². The number of benzene rings is 3. The van der Waals surface area contributed by atoms with Crippen LogP contribution in [-0.4, -0.2) is 10.2 Å². The summed E-state index contributed by atoms with van der Waals surface area (Å²) in [7, 11) is 0. The van der Waals surface area contributed by atoms with Crippen molar-refractivity contribution in [2.24, 2.45) is 0 Å². The van der Waals surface area contributed by atoms with E-state index in [0.29, 0.717) is 10.6 Å². The van der Waals surface area contributed by atoms with Gasteiger partial charge in [0.15, 0.2) is 0 Å². The van der Waals surface area contributed by atoms with Gasteiger partial charge >= 0.3 is 0 Å². The van der Waals surface area contributed by atoms with Gasteiger partial charge in [-0.2, -0.15) is 0 Å². The monoisotopic (exact) mass is 270 g/mol. The number of aromatic hydroxyl groups is 2. The molecule has 0 unspecified atom stereocenters. The van der Waals surface area contributed by atoms with Gasteiger partial charge in [0, 0.05) is 5.56 Å². The van der Waals surface area contributed by atoms with Crippen LogP contribution in [0.25, 0.3) is 21.9 Å². The Morgan fingerprint density at radius 1 is 0.789 bits per heavy atom. The number of para-hydroxylation sites is 1. The van der Waals surface area contributed by atoms with Gasteiger partial charge in [-0.1, -0.05) is 41.9 Å². The molecule has 0 aliphatic rings. The number of rotatable bonds is 1. The Kier molecular flexibility index (Phi) is 2.80. The molecule has 0 saturated heterocycles. The van der Waals surface area contributed by atoms with E-state index in [9.17, 15) is 10.2 Å². The molecule has 0 amide bonds. The lowest BCUT2D eigenvalue weighted by atomic mass is 10.0. The molecular formula is C16H11ClO2. The van der Waals surface area contributed by atoms with Crippen LogP contribution >= 0.6 is 11.6 Å². The molecule has 3 rings (SSSR count). The van der Waals surface area contributed by atoms with Gasteiger partial charge in [0.05, 0.1) is 5.02 Å². The predicted octanol–water partition coefficient (Wildman–Crippen LogP) is 4.57. The van der Waals surface area contributed by atoms with Crippen LogP contribution in [0.15, 0.2) is 54.6 Å². The molecule has 0 bridgehead atoms. The van der Waals surface area contributed by atoms with Crippen LogP contribution in [0.5, 0.6) is 11.5 Å². The van der Waals surface area contributed by atoms with E-state index in [2.05, 4.69) is 0 Å². The first-order valence-electron chi connectivity index (χ1n) is 5.86. The van der Waals surface area contributed by atoms with Crippen molar-refractivity contribution in [3.05, 3.63) is 59.6 Å². The van der Waals surface area contributed by atoms with Gasteiger partial charge in [-0.3, -0.25) is 0 Å². The average Bonchev–Trinajstić information content (AvgIpc) is 2.41. The molecule has 0 fully saturated rings. The Labute approximate surface area is 115 Å². The highest BCUT2D eigenvalue weighted by molar-refractivity contribution is 6.32. The molecule has 0 spiro atoms. The van der Waals surface area contributed by atoms with Crippen LogP contribution in [-0.2, 0) is 0 Å². The lowest BCUT2D eigenvalue weighted by Gasteiger charge is -2.07. The molecular weight excluding hydrogens is 260 g/mol. The quantitative estimate of drug-likeness (QED) is 0.680. The molecule has 0 aromatic heterocycles. The third-order valence-corrected chi connectivity index (χ3v) is 3.43. The Bertz CT molecular complexity index is 766. The van der Waals surface area contributed by atoms with Gasteiger partial charge < -0.3 is 10.2 Å². The largest absolute Gasteiger partial charge is 0.508 e. The summed E-state index contributed by atoms with van der Waals surface area (Å²) in [6.07, 6.45) is 0. The van der Waals surface area contributed by atoms with Crippen LogP contribution in [0.4, 0.5) is 0 Å². The number of phenolic OH excluding ortho intramolecular Hbond substituents is 2. The molecule has 0 atom stereocenters. The van der Waals surface area contributed by atoms with Crippen LogP contribution in [0.3, 0.4) is 0 Å². The maximum atomic E-state index is 10.00. The standard InChI is InChI=1S/C16H11ClO2/c17-15-3-1-2-14(16(15)19)12-5-4-11-9-13(18)7-6-10(11)8-12/h1-9,18-19H. The second-order valence-corrected chi connectivity index (χ2v) is 4.79. The van der Waals surface area contributed by atoms with E-state index in [4.69, 9.17) is 11.6 Å². The molecule has 3 aromatic carbocycles. The maximum absolute atomic E-state index is 10.00. The number of hydrogen-bond acceptors (Lipinski definition) is 2. The highest BCUT2D eigenvalue weighted by Crippen LogP contribution is 2.36. The fraction of sp³-hybridized carbons (Fsp3) is 0. The zero-order valence-electron chi connectivity index (χ0n) is 9.97. The molecule has 0 saturated carbocycles. The van der Waals surface area contributed by atoms with Gasteiger partial charge in [0.1, 0.15) is 11.5 Å². The Morgan fingerprint density at radius 3 is 2.37 bits per heavy atom. The maximum Gasteiger partial charge on any atom is 0.141 e. The van der Waals surface area contributed by atoms with E-state index in [1.807, 2.05) is 30.3 Å². The van der Waals surface area contributed by atoms with Crippen molar-refractivity contribution < 1.29 is 10.2 Å². The van der Waals surface area contributed by atoms with Crippen molar-refractivity contribution in [2.45, 2.75) is 0 Å². The molecule has 0 radical (unpaired) electrons. The summed E-state index contributed by atoms with van der Waals surface area (Å²) in [5.41, 5.74) is 1.58. The molecule has 94 valence electrons. The summed E-state index contributed by atoms with van der Waals surface area (Å²) < 4.78 is 0. The summed E-state index contributed by atoms with van der Waals surface area (Å²) >= 11 is 5.92. The van der Waals surface area contributed by atoms with E-state index in [0.717, 1.165) is 16.3 Å². The zero-order chi connectivity index (χ0) is 13.4. The first kappa shape index (κ1) is 11.9. The third kappa shape index (κ3) is 2.11. The van der Waals surface area contributed by atoms with E-state index in [1.54, 1.807) is 24.3 Å². The minimum atomic E-state index is 0.0855. The molecule has 2 nitrogen and oxygen atoms in total. The van der Waals surface area contributed by atoms with E-state index in [1.165, 1.54) is 0 Å². The lowest BCUT2D eigenvalue weighted by Crippen LogP contribution is -1.81. The van der Waals surface area contributed by atoms with Crippen LogP contribution in [0, 0.1) is 0 Å². The summed E-state index contributed by atoms with van der Waals surface area (Å²) in [6.45, 7) is 0. The lowest BCUT2D eigenvalue weighted by molar-refractivity contribution is 0.476. The van der Waals surface area contributed by atoms with Crippen molar-refractivity contribution in [1.82, 2.24) is 0 Å². The average molecular weight is 271 g/mol.